The first-order valence-electron chi connectivity index (χ1n) is 5.15. The van der Waals surface area contributed by atoms with E-state index < -0.39 is 17.9 Å². The van der Waals surface area contributed by atoms with Crippen molar-refractivity contribution in [3.63, 3.8) is 0 Å². The lowest BCUT2D eigenvalue weighted by Gasteiger charge is -2.24. The van der Waals surface area contributed by atoms with Crippen LogP contribution in [0.25, 0.3) is 0 Å². The van der Waals surface area contributed by atoms with E-state index in [0.717, 1.165) is 0 Å². The highest BCUT2D eigenvalue weighted by molar-refractivity contribution is 5.68. The highest BCUT2D eigenvalue weighted by atomic mass is 19.1. The lowest BCUT2D eigenvalue weighted by molar-refractivity contribution is 0.0281. The molecule has 0 bridgehead atoms. The molecule has 15 heavy (non-hydrogen) atoms. The van der Waals surface area contributed by atoms with Crippen molar-refractivity contribution in [3.8, 4) is 0 Å². The van der Waals surface area contributed by atoms with Gasteiger partial charge in [0.2, 0.25) is 0 Å². The summed E-state index contributed by atoms with van der Waals surface area (Å²) in [6.45, 7) is 6.07. The maximum atomic E-state index is 13.3. The van der Waals surface area contributed by atoms with Crippen LogP contribution in [0.4, 0.5) is 9.18 Å². The van der Waals surface area contributed by atoms with Crippen molar-refractivity contribution in [1.29, 1.82) is 0 Å². The van der Waals surface area contributed by atoms with Gasteiger partial charge in [-0.2, -0.15) is 0 Å². The molecule has 1 amide bonds. The van der Waals surface area contributed by atoms with Crippen LogP contribution in [0, 0.1) is 5.92 Å². The summed E-state index contributed by atoms with van der Waals surface area (Å²) in [5.74, 6) is -0.252. The fourth-order valence-corrected chi connectivity index (χ4v) is 1.53. The number of carbonyl (C=O) groups is 1. The second-order valence-corrected chi connectivity index (χ2v) is 4.90. The van der Waals surface area contributed by atoms with Crippen molar-refractivity contribution < 1.29 is 13.9 Å². The van der Waals surface area contributed by atoms with Crippen LogP contribution in [-0.4, -0.2) is 42.4 Å². The average molecular weight is 218 g/mol. The Bertz CT molecular complexity index is 240. The number of hydrogen-bond acceptors (Lipinski definition) is 3. The summed E-state index contributed by atoms with van der Waals surface area (Å²) in [5, 5.41) is 0. The van der Waals surface area contributed by atoms with Gasteiger partial charge in [-0.25, -0.2) is 9.18 Å². The first-order valence-corrected chi connectivity index (χ1v) is 5.15. The van der Waals surface area contributed by atoms with Crippen molar-refractivity contribution in [2.75, 3.05) is 19.6 Å². The molecule has 0 saturated carbocycles. The standard InChI is InChI=1S/C10H19FN2O2/c1-10(2,3)15-9(14)13-5-7(4-12)8(11)6-13/h7-8H,4-6,12H2,1-3H3/t7-,8+/m1/s1. The predicted octanol–water partition coefficient (Wildman–Crippen LogP) is 1.15. The lowest BCUT2D eigenvalue weighted by atomic mass is 10.1. The molecule has 1 aliphatic heterocycles. The van der Waals surface area contributed by atoms with Crippen LogP contribution in [0.1, 0.15) is 20.8 Å². The van der Waals surface area contributed by atoms with Crippen molar-refractivity contribution in [2.45, 2.75) is 32.5 Å². The molecule has 88 valence electrons. The first kappa shape index (κ1) is 12.2. The molecule has 0 aromatic carbocycles. The van der Waals surface area contributed by atoms with E-state index in [1.165, 1.54) is 4.90 Å². The molecule has 1 saturated heterocycles. The smallest absolute Gasteiger partial charge is 0.410 e. The Kier molecular flexibility index (Phi) is 3.54. The fourth-order valence-electron chi connectivity index (χ4n) is 1.53. The maximum absolute atomic E-state index is 13.3. The fraction of sp³-hybridized carbons (Fsp3) is 0.900. The third-order valence-corrected chi connectivity index (χ3v) is 2.32. The highest BCUT2D eigenvalue weighted by Crippen LogP contribution is 2.21. The topological polar surface area (TPSA) is 55.6 Å². The van der Waals surface area contributed by atoms with Gasteiger partial charge in [-0.05, 0) is 27.3 Å². The van der Waals surface area contributed by atoms with E-state index >= 15 is 0 Å². The van der Waals surface area contributed by atoms with Gasteiger partial charge in [0.15, 0.2) is 0 Å². The van der Waals surface area contributed by atoms with E-state index in [1.54, 1.807) is 20.8 Å². The quantitative estimate of drug-likeness (QED) is 0.718. The summed E-state index contributed by atoms with van der Waals surface area (Å²) < 4.78 is 18.4. The monoisotopic (exact) mass is 218 g/mol. The molecule has 0 aromatic rings. The molecule has 5 heteroatoms. The van der Waals surface area contributed by atoms with E-state index in [1.807, 2.05) is 0 Å². The van der Waals surface area contributed by atoms with Crippen LogP contribution in [-0.2, 0) is 4.74 Å². The van der Waals surface area contributed by atoms with Crippen LogP contribution in [0.5, 0.6) is 0 Å². The molecule has 0 spiro atoms. The van der Waals surface area contributed by atoms with E-state index in [2.05, 4.69) is 0 Å². The second-order valence-electron chi connectivity index (χ2n) is 4.90. The van der Waals surface area contributed by atoms with Gasteiger partial charge < -0.3 is 15.4 Å². The van der Waals surface area contributed by atoms with Crippen LogP contribution >= 0.6 is 0 Å². The third kappa shape index (κ3) is 3.34. The predicted molar refractivity (Wildman–Crippen MR) is 55.2 cm³/mol. The zero-order valence-electron chi connectivity index (χ0n) is 9.50. The third-order valence-electron chi connectivity index (χ3n) is 2.32. The molecule has 2 atom stereocenters. The van der Waals surface area contributed by atoms with E-state index in [9.17, 15) is 9.18 Å². The number of amides is 1. The van der Waals surface area contributed by atoms with Gasteiger partial charge in [-0.15, -0.1) is 0 Å². The molecule has 0 unspecified atom stereocenters. The number of nitrogens with zero attached hydrogens (tertiary/aromatic N) is 1. The van der Waals surface area contributed by atoms with Gasteiger partial charge in [-0.3, -0.25) is 0 Å². The van der Waals surface area contributed by atoms with Crippen LogP contribution in [0.15, 0.2) is 0 Å². The molecular weight excluding hydrogens is 199 g/mol. The van der Waals surface area contributed by atoms with Gasteiger partial charge in [0, 0.05) is 12.5 Å². The molecule has 1 rings (SSSR count). The SMILES string of the molecule is CC(C)(C)OC(=O)N1C[C@@H](CN)[C@@H](F)C1. The number of carbonyl (C=O) groups excluding carboxylic acids is 1. The number of alkyl halides is 1. The van der Waals surface area contributed by atoms with Gasteiger partial charge in [0.1, 0.15) is 11.8 Å². The molecule has 1 aliphatic rings. The largest absolute Gasteiger partial charge is 0.444 e. The van der Waals surface area contributed by atoms with E-state index in [4.69, 9.17) is 10.5 Å². The summed E-state index contributed by atoms with van der Waals surface area (Å²) in [6.07, 6.45) is -1.48. The van der Waals surface area contributed by atoms with Gasteiger partial charge in [-0.1, -0.05) is 0 Å². The van der Waals surface area contributed by atoms with Gasteiger partial charge in [0.05, 0.1) is 6.54 Å². The van der Waals surface area contributed by atoms with Gasteiger partial charge >= 0.3 is 6.09 Å². The number of ether oxygens (including phenoxy) is 1. The van der Waals surface area contributed by atoms with Crippen molar-refractivity contribution in [1.82, 2.24) is 4.90 Å². The molecule has 4 nitrogen and oxygen atoms in total. The Balaban J connectivity index is 2.50. The first-order chi connectivity index (χ1) is 6.83. The number of nitrogens with two attached hydrogens (primary N) is 1. The van der Waals surface area contributed by atoms with Crippen LogP contribution in [0.3, 0.4) is 0 Å². The minimum atomic E-state index is -1.03. The lowest BCUT2D eigenvalue weighted by Crippen LogP contribution is -2.35. The summed E-state index contributed by atoms with van der Waals surface area (Å²) in [6, 6.07) is 0. The molecular formula is C10H19FN2O2. The summed E-state index contributed by atoms with van der Waals surface area (Å²) in [4.78, 5) is 12.9. The normalized spacial score (nSPS) is 26.9. The number of hydrogen-bond donors (Lipinski definition) is 1. The van der Waals surface area contributed by atoms with E-state index in [-0.39, 0.29) is 19.0 Å². The van der Waals surface area contributed by atoms with Crippen LogP contribution < -0.4 is 5.73 Å². The molecule has 0 radical (unpaired) electrons. The Morgan fingerprint density at radius 1 is 1.53 bits per heavy atom. The zero-order chi connectivity index (χ0) is 11.6. The molecule has 1 fully saturated rings. The molecule has 0 aliphatic carbocycles. The summed E-state index contributed by atoms with van der Waals surface area (Å²) in [7, 11) is 0. The molecule has 1 heterocycles. The van der Waals surface area contributed by atoms with Crippen molar-refractivity contribution in [3.05, 3.63) is 0 Å². The number of rotatable bonds is 1. The number of likely N-dealkylation sites (tertiary alicyclic amines) is 1. The average Bonchev–Trinajstić information content (AvgIpc) is 2.43. The Morgan fingerprint density at radius 3 is 2.53 bits per heavy atom. The Morgan fingerprint density at radius 2 is 2.13 bits per heavy atom. The Labute approximate surface area is 89.6 Å². The second kappa shape index (κ2) is 4.35. The summed E-state index contributed by atoms with van der Waals surface area (Å²) in [5.41, 5.74) is 4.86. The molecule has 0 aromatic heterocycles. The van der Waals surface area contributed by atoms with E-state index in [0.29, 0.717) is 6.54 Å². The maximum Gasteiger partial charge on any atom is 0.410 e. The van der Waals surface area contributed by atoms with Crippen LogP contribution in [0.2, 0.25) is 0 Å². The highest BCUT2D eigenvalue weighted by Gasteiger charge is 2.36. The minimum absolute atomic E-state index is 0.0940. The zero-order valence-corrected chi connectivity index (χ0v) is 9.50. The number of halogens is 1. The minimum Gasteiger partial charge on any atom is -0.444 e. The molecule has 2 N–H and O–H groups in total. The summed E-state index contributed by atoms with van der Waals surface area (Å²) >= 11 is 0. The Hall–Kier alpha value is -0.840. The van der Waals surface area contributed by atoms with Gasteiger partial charge in [0.25, 0.3) is 0 Å². The van der Waals surface area contributed by atoms with Crippen molar-refractivity contribution in [2.24, 2.45) is 11.7 Å². The van der Waals surface area contributed by atoms with Crippen molar-refractivity contribution >= 4 is 6.09 Å².